The molecule has 3 rings (SSSR count). The highest BCUT2D eigenvalue weighted by Gasteiger charge is 2.12. The van der Waals surface area contributed by atoms with E-state index in [1.54, 1.807) is 24.3 Å². The van der Waals surface area contributed by atoms with Gasteiger partial charge in [-0.05, 0) is 46.7 Å². The molecule has 3 N–H and O–H groups in total. The molecule has 0 aliphatic heterocycles. The number of aldehydes is 1. The van der Waals surface area contributed by atoms with Crippen LogP contribution in [-0.2, 0) is 0 Å². The molecule has 5 nitrogen and oxygen atoms in total. The number of carboxylic acid groups (broad SMARTS) is 1. The van der Waals surface area contributed by atoms with Gasteiger partial charge in [-0.25, -0.2) is 4.79 Å². The topological polar surface area (TPSA) is 94.8 Å². The second-order valence-electron chi connectivity index (χ2n) is 5.09. The summed E-state index contributed by atoms with van der Waals surface area (Å²) in [6, 6.07) is 12.2. The van der Waals surface area contributed by atoms with Crippen molar-refractivity contribution in [1.29, 1.82) is 0 Å². The van der Waals surface area contributed by atoms with E-state index in [0.29, 0.717) is 28.2 Å². The molecule has 3 aromatic carbocycles. The van der Waals surface area contributed by atoms with E-state index >= 15 is 0 Å². The lowest BCUT2D eigenvalue weighted by atomic mass is 9.97. The Bertz CT molecular complexity index is 944. The van der Waals surface area contributed by atoms with Crippen LogP contribution in [0.4, 0.5) is 0 Å². The largest absolute Gasteiger partial charge is 0.507 e. The lowest BCUT2D eigenvalue weighted by molar-refractivity contribution is 0.0696. The molecule has 0 saturated carbocycles. The number of carboxylic acids is 1. The number of rotatable bonds is 3. The molecule has 0 unspecified atom stereocenters. The number of hydrogen-bond donors (Lipinski definition) is 3. The SMILES string of the molecule is O=Cc1c(O)ccc2cc(-c3cc(C(=O)O)ccc3O)ccc12. The number of aromatic carboxylic acids is 1. The van der Waals surface area contributed by atoms with Crippen LogP contribution in [0.5, 0.6) is 11.5 Å². The smallest absolute Gasteiger partial charge is 0.335 e. The molecule has 0 atom stereocenters. The number of hydrogen-bond acceptors (Lipinski definition) is 4. The highest BCUT2D eigenvalue weighted by atomic mass is 16.4. The summed E-state index contributed by atoms with van der Waals surface area (Å²) in [6.07, 6.45) is 0.583. The minimum atomic E-state index is -1.08. The Balaban J connectivity index is 2.22. The molecule has 114 valence electrons. The van der Waals surface area contributed by atoms with Crippen molar-refractivity contribution in [3.05, 3.63) is 59.7 Å². The summed E-state index contributed by atoms with van der Waals surface area (Å²) < 4.78 is 0. The van der Waals surface area contributed by atoms with Crippen molar-refractivity contribution < 1.29 is 24.9 Å². The fourth-order valence-electron chi connectivity index (χ4n) is 2.53. The first-order valence-corrected chi connectivity index (χ1v) is 6.79. The molecule has 0 radical (unpaired) electrons. The monoisotopic (exact) mass is 308 g/mol. The van der Waals surface area contributed by atoms with Gasteiger partial charge in [-0.2, -0.15) is 0 Å². The molecule has 0 aliphatic rings. The standard InChI is InChI=1S/C18H12O5/c19-9-15-13-4-1-11(7-10(13)2-5-17(15)21)14-8-12(18(22)23)3-6-16(14)20/h1-9,20-21H,(H,22,23). The molecule has 0 amide bonds. The van der Waals surface area contributed by atoms with E-state index in [2.05, 4.69) is 0 Å². The minimum Gasteiger partial charge on any atom is -0.507 e. The van der Waals surface area contributed by atoms with Gasteiger partial charge in [0.15, 0.2) is 6.29 Å². The Labute approximate surface area is 131 Å². The van der Waals surface area contributed by atoms with Crippen LogP contribution in [0, 0.1) is 0 Å². The number of carbonyl (C=O) groups is 2. The number of carbonyl (C=O) groups excluding carboxylic acids is 1. The highest BCUT2D eigenvalue weighted by Crippen LogP contribution is 2.34. The van der Waals surface area contributed by atoms with Crippen molar-refractivity contribution in [2.24, 2.45) is 0 Å². The first-order valence-electron chi connectivity index (χ1n) is 6.79. The third kappa shape index (κ3) is 2.48. The van der Waals surface area contributed by atoms with Crippen LogP contribution in [0.15, 0.2) is 48.5 Å². The maximum atomic E-state index is 11.1. The van der Waals surface area contributed by atoms with Crippen LogP contribution < -0.4 is 0 Å². The molecular formula is C18H12O5. The van der Waals surface area contributed by atoms with E-state index in [0.717, 1.165) is 0 Å². The zero-order chi connectivity index (χ0) is 16.6. The Morgan fingerprint density at radius 2 is 1.65 bits per heavy atom. The van der Waals surface area contributed by atoms with E-state index < -0.39 is 5.97 Å². The van der Waals surface area contributed by atoms with Crippen LogP contribution in [0.1, 0.15) is 20.7 Å². The summed E-state index contributed by atoms with van der Waals surface area (Å²) in [5.74, 6) is -1.22. The van der Waals surface area contributed by atoms with Crippen molar-refractivity contribution in [1.82, 2.24) is 0 Å². The van der Waals surface area contributed by atoms with Gasteiger partial charge < -0.3 is 15.3 Å². The summed E-state index contributed by atoms with van der Waals surface area (Å²) in [5, 5.41) is 30.0. The van der Waals surface area contributed by atoms with Gasteiger partial charge in [0.2, 0.25) is 0 Å². The quantitative estimate of drug-likeness (QED) is 0.644. The molecule has 0 fully saturated rings. The summed E-state index contributed by atoms with van der Waals surface area (Å²) in [4.78, 5) is 22.2. The lowest BCUT2D eigenvalue weighted by Crippen LogP contribution is -1.96. The van der Waals surface area contributed by atoms with Crippen molar-refractivity contribution in [3.8, 4) is 22.6 Å². The van der Waals surface area contributed by atoms with Crippen molar-refractivity contribution in [3.63, 3.8) is 0 Å². The van der Waals surface area contributed by atoms with E-state index in [1.165, 1.54) is 24.3 Å². The van der Waals surface area contributed by atoms with Gasteiger partial charge in [-0.15, -0.1) is 0 Å². The lowest BCUT2D eigenvalue weighted by Gasteiger charge is -2.09. The van der Waals surface area contributed by atoms with Crippen molar-refractivity contribution in [2.45, 2.75) is 0 Å². The number of fused-ring (bicyclic) bond motifs is 1. The van der Waals surface area contributed by atoms with E-state index in [1.807, 2.05) is 0 Å². The van der Waals surface area contributed by atoms with Crippen LogP contribution in [0.2, 0.25) is 0 Å². The second kappa shape index (κ2) is 5.46. The molecule has 3 aromatic rings. The van der Waals surface area contributed by atoms with Gasteiger partial charge in [0.1, 0.15) is 11.5 Å². The third-order valence-corrected chi connectivity index (χ3v) is 3.71. The Kier molecular flexibility index (Phi) is 3.46. The van der Waals surface area contributed by atoms with Crippen LogP contribution in [0.25, 0.3) is 21.9 Å². The summed E-state index contributed by atoms with van der Waals surface area (Å²) in [6.45, 7) is 0. The summed E-state index contributed by atoms with van der Waals surface area (Å²) >= 11 is 0. The number of phenolic OH excluding ortho intramolecular Hbond substituents is 2. The minimum absolute atomic E-state index is 0.0382. The number of phenols is 2. The zero-order valence-electron chi connectivity index (χ0n) is 11.9. The molecular weight excluding hydrogens is 296 g/mol. The van der Waals surface area contributed by atoms with Crippen LogP contribution in [0.3, 0.4) is 0 Å². The van der Waals surface area contributed by atoms with Gasteiger partial charge in [0, 0.05) is 5.56 Å². The summed E-state index contributed by atoms with van der Waals surface area (Å²) in [5.41, 5.74) is 1.25. The van der Waals surface area contributed by atoms with Gasteiger partial charge in [0.25, 0.3) is 0 Å². The van der Waals surface area contributed by atoms with Gasteiger partial charge >= 0.3 is 5.97 Å². The van der Waals surface area contributed by atoms with E-state index in [4.69, 9.17) is 5.11 Å². The Hall–Kier alpha value is -3.34. The molecule has 0 spiro atoms. The summed E-state index contributed by atoms with van der Waals surface area (Å²) in [7, 11) is 0. The molecule has 0 aliphatic carbocycles. The Morgan fingerprint density at radius 1 is 0.913 bits per heavy atom. The molecule has 5 heteroatoms. The average molecular weight is 308 g/mol. The highest BCUT2D eigenvalue weighted by molar-refractivity contribution is 6.02. The van der Waals surface area contributed by atoms with E-state index in [9.17, 15) is 19.8 Å². The average Bonchev–Trinajstić information content (AvgIpc) is 2.54. The molecule has 0 saturated heterocycles. The first-order chi connectivity index (χ1) is 11.0. The van der Waals surface area contributed by atoms with Gasteiger partial charge in [0.05, 0.1) is 11.1 Å². The van der Waals surface area contributed by atoms with E-state index in [-0.39, 0.29) is 22.6 Å². The first kappa shape index (κ1) is 14.6. The number of aromatic hydroxyl groups is 2. The van der Waals surface area contributed by atoms with Gasteiger partial charge in [-0.3, -0.25) is 4.79 Å². The van der Waals surface area contributed by atoms with Crippen LogP contribution >= 0.6 is 0 Å². The van der Waals surface area contributed by atoms with Gasteiger partial charge in [-0.1, -0.05) is 18.2 Å². The molecule has 23 heavy (non-hydrogen) atoms. The zero-order valence-corrected chi connectivity index (χ0v) is 11.9. The van der Waals surface area contributed by atoms with Crippen molar-refractivity contribution >= 4 is 23.0 Å². The Morgan fingerprint density at radius 3 is 2.35 bits per heavy atom. The maximum absolute atomic E-state index is 11.1. The molecule has 0 heterocycles. The second-order valence-corrected chi connectivity index (χ2v) is 5.09. The normalized spacial score (nSPS) is 10.6. The number of benzene rings is 3. The van der Waals surface area contributed by atoms with Crippen LogP contribution in [-0.4, -0.2) is 27.6 Å². The fraction of sp³-hybridized carbons (Fsp3) is 0. The fourth-order valence-corrected chi connectivity index (χ4v) is 2.53. The molecule has 0 bridgehead atoms. The predicted molar refractivity (Wildman–Crippen MR) is 85.1 cm³/mol. The third-order valence-electron chi connectivity index (χ3n) is 3.71. The molecule has 0 aromatic heterocycles. The van der Waals surface area contributed by atoms with Crippen molar-refractivity contribution in [2.75, 3.05) is 0 Å². The predicted octanol–water partition coefficient (Wildman–Crippen LogP) is 3.43. The maximum Gasteiger partial charge on any atom is 0.335 e.